The number of nitrogens with zero attached hydrogens (tertiary/aromatic N) is 3. The van der Waals surface area contributed by atoms with Crippen LogP contribution >= 0.6 is 11.3 Å². The predicted molar refractivity (Wildman–Crippen MR) is 101 cm³/mol. The molecule has 2 heterocycles. The van der Waals surface area contributed by atoms with Crippen molar-refractivity contribution >= 4 is 27.5 Å². The third kappa shape index (κ3) is 3.74. The lowest BCUT2D eigenvalue weighted by atomic mass is 10.1. The van der Waals surface area contributed by atoms with Gasteiger partial charge in [0.1, 0.15) is 11.4 Å². The molecule has 0 radical (unpaired) electrons. The first-order valence-corrected chi connectivity index (χ1v) is 9.19. The third-order valence-electron chi connectivity index (χ3n) is 3.90. The molecule has 2 aromatic heterocycles. The quantitative estimate of drug-likeness (QED) is 0.754. The van der Waals surface area contributed by atoms with Crippen LogP contribution in [0.2, 0.25) is 0 Å². The molecule has 144 valence electrons. The molecule has 2 rings (SSSR count). The number of hydrogen-bond donors (Lipinski definition) is 1. The molecule has 1 atom stereocenters. The van der Waals surface area contributed by atoms with Crippen molar-refractivity contribution in [2.45, 2.75) is 40.3 Å². The Bertz CT molecular complexity index is 938. The second-order valence-corrected chi connectivity index (χ2v) is 8.02. The van der Waals surface area contributed by atoms with Gasteiger partial charge in [-0.1, -0.05) is 13.8 Å². The standard InChI is InChI=1S/C17H25N3O5S/c1-9(2)7-20-16-13(14(22)18(5)17(20)24)12(11(4)26-16)15(23)19(6)25-8-10(3)21/h9-10,21H,7-8H2,1-6H3/t10-/m0/s1. The Balaban J connectivity index is 2.67. The van der Waals surface area contributed by atoms with E-state index in [1.165, 1.54) is 25.4 Å². The summed E-state index contributed by atoms with van der Waals surface area (Å²) >= 11 is 1.25. The van der Waals surface area contributed by atoms with Crippen LogP contribution in [0.25, 0.3) is 10.2 Å². The van der Waals surface area contributed by atoms with E-state index in [-0.39, 0.29) is 23.5 Å². The average molecular weight is 383 g/mol. The number of amides is 1. The lowest BCUT2D eigenvalue weighted by Gasteiger charge is -2.18. The maximum absolute atomic E-state index is 12.8. The van der Waals surface area contributed by atoms with E-state index in [0.717, 1.165) is 9.63 Å². The van der Waals surface area contributed by atoms with Gasteiger partial charge in [0.2, 0.25) is 0 Å². The highest BCUT2D eigenvalue weighted by Crippen LogP contribution is 2.29. The van der Waals surface area contributed by atoms with Crippen molar-refractivity contribution in [3.63, 3.8) is 0 Å². The first kappa shape index (κ1) is 20.3. The number of rotatable bonds is 6. The molecule has 0 aliphatic heterocycles. The summed E-state index contributed by atoms with van der Waals surface area (Å²) in [6.45, 7) is 7.65. The number of aromatic nitrogens is 2. The van der Waals surface area contributed by atoms with Gasteiger partial charge in [0, 0.05) is 25.5 Å². The highest BCUT2D eigenvalue weighted by molar-refractivity contribution is 7.19. The second-order valence-electron chi connectivity index (χ2n) is 6.81. The van der Waals surface area contributed by atoms with Crippen LogP contribution in [-0.2, 0) is 18.4 Å². The molecule has 0 aliphatic carbocycles. The van der Waals surface area contributed by atoms with Crippen LogP contribution in [0.3, 0.4) is 0 Å². The van der Waals surface area contributed by atoms with E-state index in [2.05, 4.69) is 0 Å². The summed E-state index contributed by atoms with van der Waals surface area (Å²) in [6, 6.07) is 0. The topological polar surface area (TPSA) is 93.8 Å². The summed E-state index contributed by atoms with van der Waals surface area (Å²) in [5.41, 5.74) is -0.659. The summed E-state index contributed by atoms with van der Waals surface area (Å²) in [5.74, 6) is -0.284. The van der Waals surface area contributed by atoms with E-state index in [9.17, 15) is 19.5 Å². The Kier molecular flexibility index (Phi) is 6.05. The molecule has 8 nitrogen and oxygen atoms in total. The number of aliphatic hydroxyl groups is 1. The molecule has 2 aromatic rings. The van der Waals surface area contributed by atoms with Gasteiger partial charge in [-0.25, -0.2) is 9.86 Å². The SMILES string of the molecule is Cc1sc2c(c1C(=O)N(C)OC[C@H](C)O)c(=O)n(C)c(=O)n2CC(C)C. The van der Waals surface area contributed by atoms with Gasteiger partial charge in [0.15, 0.2) is 0 Å². The molecule has 0 spiro atoms. The maximum atomic E-state index is 12.8. The summed E-state index contributed by atoms with van der Waals surface area (Å²) in [7, 11) is 2.85. The lowest BCUT2D eigenvalue weighted by Crippen LogP contribution is -2.39. The van der Waals surface area contributed by atoms with Crippen LogP contribution in [0.5, 0.6) is 0 Å². The zero-order chi connectivity index (χ0) is 19.8. The van der Waals surface area contributed by atoms with Crippen molar-refractivity contribution in [1.29, 1.82) is 0 Å². The fourth-order valence-electron chi connectivity index (χ4n) is 2.66. The van der Waals surface area contributed by atoms with Crippen LogP contribution < -0.4 is 11.2 Å². The number of aryl methyl sites for hydroxylation is 1. The van der Waals surface area contributed by atoms with E-state index < -0.39 is 23.3 Å². The zero-order valence-electron chi connectivity index (χ0n) is 15.9. The van der Waals surface area contributed by atoms with Crippen LogP contribution in [0.15, 0.2) is 9.59 Å². The highest BCUT2D eigenvalue weighted by Gasteiger charge is 2.26. The molecular formula is C17H25N3O5S. The summed E-state index contributed by atoms with van der Waals surface area (Å²) in [6.07, 6.45) is -0.727. The molecule has 26 heavy (non-hydrogen) atoms. The molecule has 0 aliphatic rings. The van der Waals surface area contributed by atoms with E-state index in [0.29, 0.717) is 16.3 Å². The van der Waals surface area contributed by atoms with Gasteiger partial charge in [-0.2, -0.15) is 0 Å². The number of hydroxylamine groups is 2. The van der Waals surface area contributed by atoms with Gasteiger partial charge in [-0.05, 0) is 19.8 Å². The fourth-order valence-corrected chi connectivity index (χ4v) is 3.80. The molecule has 0 aromatic carbocycles. The largest absolute Gasteiger partial charge is 0.391 e. The van der Waals surface area contributed by atoms with Crippen molar-refractivity contribution < 1.29 is 14.7 Å². The number of carbonyl (C=O) groups is 1. The van der Waals surface area contributed by atoms with E-state index in [4.69, 9.17) is 4.84 Å². The van der Waals surface area contributed by atoms with E-state index >= 15 is 0 Å². The van der Waals surface area contributed by atoms with Crippen LogP contribution in [-0.4, -0.2) is 45.0 Å². The van der Waals surface area contributed by atoms with Crippen LogP contribution in [0.1, 0.15) is 36.0 Å². The van der Waals surface area contributed by atoms with Gasteiger partial charge >= 0.3 is 5.69 Å². The number of carbonyl (C=O) groups excluding carboxylic acids is 1. The van der Waals surface area contributed by atoms with Gasteiger partial charge in [-0.3, -0.25) is 23.6 Å². The number of fused-ring (bicyclic) bond motifs is 1. The Morgan fingerprint density at radius 3 is 2.46 bits per heavy atom. The minimum atomic E-state index is -0.727. The summed E-state index contributed by atoms with van der Waals surface area (Å²) < 4.78 is 2.58. The highest BCUT2D eigenvalue weighted by atomic mass is 32.1. The van der Waals surface area contributed by atoms with Gasteiger partial charge < -0.3 is 5.11 Å². The molecule has 0 saturated carbocycles. The van der Waals surface area contributed by atoms with Crippen LogP contribution in [0.4, 0.5) is 0 Å². The monoisotopic (exact) mass is 383 g/mol. The molecular weight excluding hydrogens is 358 g/mol. The van der Waals surface area contributed by atoms with Gasteiger partial charge in [0.25, 0.3) is 11.5 Å². The minimum absolute atomic E-state index is 0.0422. The second kappa shape index (κ2) is 7.73. The molecule has 0 unspecified atom stereocenters. The Labute approximate surface area is 155 Å². The molecule has 9 heteroatoms. The third-order valence-corrected chi connectivity index (χ3v) is 5.03. The summed E-state index contributed by atoms with van der Waals surface area (Å²) in [5, 5.41) is 10.6. The summed E-state index contributed by atoms with van der Waals surface area (Å²) in [4.78, 5) is 44.4. The Morgan fingerprint density at radius 1 is 1.31 bits per heavy atom. The van der Waals surface area contributed by atoms with Crippen molar-refractivity contribution in [3.05, 3.63) is 31.3 Å². The van der Waals surface area contributed by atoms with Crippen molar-refractivity contribution in [2.24, 2.45) is 13.0 Å². The zero-order valence-corrected chi connectivity index (χ0v) is 16.7. The van der Waals surface area contributed by atoms with Gasteiger partial charge in [-0.15, -0.1) is 11.3 Å². The normalized spacial score (nSPS) is 12.8. The first-order valence-electron chi connectivity index (χ1n) is 8.38. The number of hydrogen-bond acceptors (Lipinski definition) is 6. The number of aliphatic hydroxyl groups excluding tert-OH is 1. The molecule has 0 saturated heterocycles. The van der Waals surface area contributed by atoms with Gasteiger partial charge in [0.05, 0.1) is 17.1 Å². The molecule has 0 fully saturated rings. The lowest BCUT2D eigenvalue weighted by molar-refractivity contribution is -0.127. The van der Waals surface area contributed by atoms with Crippen molar-refractivity contribution in [3.8, 4) is 0 Å². The smallest absolute Gasteiger partial charge is 0.331 e. The van der Waals surface area contributed by atoms with Crippen molar-refractivity contribution in [1.82, 2.24) is 14.2 Å². The Hall–Kier alpha value is -1.97. The molecule has 0 bridgehead atoms. The van der Waals surface area contributed by atoms with Crippen LogP contribution in [0, 0.1) is 12.8 Å². The van der Waals surface area contributed by atoms with E-state index in [1.54, 1.807) is 18.4 Å². The van der Waals surface area contributed by atoms with E-state index in [1.807, 2.05) is 13.8 Å². The fraction of sp³-hybridized carbons (Fsp3) is 0.588. The first-order chi connectivity index (χ1) is 12.1. The minimum Gasteiger partial charge on any atom is -0.391 e. The number of thiophene rings is 1. The van der Waals surface area contributed by atoms with Crippen molar-refractivity contribution in [2.75, 3.05) is 13.7 Å². The maximum Gasteiger partial charge on any atom is 0.331 e. The molecule has 1 N–H and O–H groups in total. The Morgan fingerprint density at radius 2 is 1.92 bits per heavy atom. The predicted octanol–water partition coefficient (Wildman–Crippen LogP) is 1.11. The average Bonchev–Trinajstić information content (AvgIpc) is 2.90. The molecule has 1 amide bonds.